The van der Waals surface area contributed by atoms with E-state index in [0.717, 1.165) is 39.4 Å². The molecule has 3 aromatic rings. The lowest BCUT2D eigenvalue weighted by Crippen LogP contribution is -2.32. The molecule has 0 bridgehead atoms. The fourth-order valence-corrected chi connectivity index (χ4v) is 4.03. The highest BCUT2D eigenvalue weighted by Crippen LogP contribution is 2.33. The van der Waals surface area contributed by atoms with Crippen LogP contribution >= 0.6 is 11.8 Å². The molecule has 1 saturated heterocycles. The van der Waals surface area contributed by atoms with Gasteiger partial charge in [-0.15, -0.1) is 0 Å². The number of benzene rings is 3. The number of carbonyl (C=O) groups excluding carboxylic acids is 2. The summed E-state index contributed by atoms with van der Waals surface area (Å²) in [6.07, 6.45) is 1.80. The highest BCUT2D eigenvalue weighted by Gasteiger charge is 2.34. The molecule has 1 aliphatic rings. The van der Waals surface area contributed by atoms with Gasteiger partial charge in [-0.2, -0.15) is 0 Å². The average molecular weight is 389 g/mol. The fraction of sp³-hybridized carbons (Fsp3) is 0.130. The molecule has 0 unspecified atom stereocenters. The molecular weight excluding hydrogens is 370 g/mol. The van der Waals surface area contributed by atoms with Gasteiger partial charge in [-0.3, -0.25) is 14.5 Å². The predicted molar refractivity (Wildman–Crippen MR) is 113 cm³/mol. The average Bonchev–Trinajstić information content (AvgIpc) is 2.96. The second-order valence-corrected chi connectivity index (χ2v) is 7.56. The van der Waals surface area contributed by atoms with Gasteiger partial charge in [0, 0.05) is 0 Å². The molecule has 0 aromatic heterocycles. The fourth-order valence-electron chi connectivity index (χ4n) is 3.17. The third kappa shape index (κ3) is 3.80. The van der Waals surface area contributed by atoms with Crippen molar-refractivity contribution in [3.63, 3.8) is 0 Å². The van der Waals surface area contributed by atoms with Crippen LogP contribution in [0, 0.1) is 6.92 Å². The van der Waals surface area contributed by atoms with E-state index in [2.05, 4.69) is 0 Å². The van der Waals surface area contributed by atoms with E-state index in [1.165, 1.54) is 4.90 Å². The number of aryl methyl sites for hydroxylation is 1. The summed E-state index contributed by atoms with van der Waals surface area (Å²) in [5, 5.41) is 1.89. The number of rotatable bonds is 5. The van der Waals surface area contributed by atoms with Crippen molar-refractivity contribution in [2.45, 2.75) is 6.92 Å². The van der Waals surface area contributed by atoms with Crippen molar-refractivity contribution in [1.82, 2.24) is 4.90 Å². The van der Waals surface area contributed by atoms with Crippen molar-refractivity contribution in [1.29, 1.82) is 0 Å². The Kier molecular flexibility index (Phi) is 5.17. The number of ether oxygens (including phenoxy) is 1. The van der Waals surface area contributed by atoms with Crippen molar-refractivity contribution < 1.29 is 14.3 Å². The molecule has 2 amide bonds. The largest absolute Gasteiger partial charge is 0.492 e. The predicted octanol–water partition coefficient (Wildman–Crippen LogP) is 5.26. The standard InChI is InChI=1S/C23H19NO3S/c1-16-6-4-10-19(14-16)27-13-12-24-22(25)21(28-23(24)26)15-18-9-5-8-17-7-2-3-11-20(17)18/h2-11,14-15H,12-13H2,1H3/b21-15-. The number of amides is 2. The van der Waals surface area contributed by atoms with Crippen molar-refractivity contribution in [3.8, 4) is 5.75 Å². The van der Waals surface area contributed by atoms with E-state index in [1.807, 2.05) is 73.7 Å². The molecule has 0 atom stereocenters. The zero-order valence-corrected chi connectivity index (χ0v) is 16.2. The molecule has 140 valence electrons. The molecule has 5 heteroatoms. The van der Waals surface area contributed by atoms with Crippen LogP contribution in [0.4, 0.5) is 4.79 Å². The van der Waals surface area contributed by atoms with Crippen LogP contribution < -0.4 is 4.74 Å². The summed E-state index contributed by atoms with van der Waals surface area (Å²) in [5.41, 5.74) is 2.03. The number of hydrogen-bond donors (Lipinski definition) is 0. The maximum absolute atomic E-state index is 12.7. The van der Waals surface area contributed by atoms with Crippen molar-refractivity contribution >= 4 is 39.8 Å². The molecule has 0 saturated carbocycles. The molecule has 0 N–H and O–H groups in total. The first-order chi connectivity index (χ1) is 13.6. The lowest BCUT2D eigenvalue weighted by molar-refractivity contribution is -0.123. The molecule has 1 fully saturated rings. The first kappa shape index (κ1) is 18.3. The van der Waals surface area contributed by atoms with Crippen LogP contribution in [0.5, 0.6) is 5.75 Å². The molecule has 28 heavy (non-hydrogen) atoms. The van der Waals surface area contributed by atoms with Gasteiger partial charge in [-0.05, 0) is 58.8 Å². The molecule has 0 aliphatic carbocycles. The van der Waals surface area contributed by atoms with Crippen LogP contribution in [0.15, 0.2) is 71.6 Å². The van der Waals surface area contributed by atoms with Gasteiger partial charge in [0.25, 0.3) is 11.1 Å². The number of thioether (sulfide) groups is 1. The monoisotopic (exact) mass is 389 g/mol. The summed E-state index contributed by atoms with van der Waals surface area (Å²) in [4.78, 5) is 26.7. The Labute approximate surface area is 167 Å². The summed E-state index contributed by atoms with van der Waals surface area (Å²) in [5.74, 6) is 0.467. The van der Waals surface area contributed by atoms with E-state index in [9.17, 15) is 9.59 Å². The minimum Gasteiger partial charge on any atom is -0.492 e. The summed E-state index contributed by atoms with van der Waals surface area (Å²) in [6.45, 7) is 2.48. The Balaban J connectivity index is 1.48. The molecule has 3 aromatic carbocycles. The molecule has 4 rings (SSSR count). The zero-order valence-electron chi connectivity index (χ0n) is 15.4. The molecule has 0 spiro atoms. The summed E-state index contributed by atoms with van der Waals surface area (Å²) in [6, 6.07) is 21.6. The van der Waals surface area contributed by atoms with E-state index >= 15 is 0 Å². The topological polar surface area (TPSA) is 46.6 Å². The van der Waals surface area contributed by atoms with Crippen LogP contribution in [0.25, 0.3) is 16.8 Å². The highest BCUT2D eigenvalue weighted by molar-refractivity contribution is 8.18. The highest BCUT2D eigenvalue weighted by atomic mass is 32.2. The van der Waals surface area contributed by atoms with Gasteiger partial charge in [-0.25, -0.2) is 0 Å². The third-order valence-electron chi connectivity index (χ3n) is 4.56. The quantitative estimate of drug-likeness (QED) is 0.558. The summed E-state index contributed by atoms with van der Waals surface area (Å²) >= 11 is 0.977. The van der Waals surface area contributed by atoms with Crippen molar-refractivity contribution in [2.75, 3.05) is 13.2 Å². The Hall–Kier alpha value is -3.05. The molecule has 1 aliphatic heterocycles. The number of nitrogens with zero attached hydrogens (tertiary/aromatic N) is 1. The normalized spacial score (nSPS) is 15.6. The Morgan fingerprint density at radius 1 is 1.00 bits per heavy atom. The lowest BCUT2D eigenvalue weighted by Gasteiger charge is -2.13. The Morgan fingerprint density at radius 2 is 1.79 bits per heavy atom. The van der Waals surface area contributed by atoms with Gasteiger partial charge in [0.15, 0.2) is 0 Å². The van der Waals surface area contributed by atoms with E-state index in [4.69, 9.17) is 4.74 Å². The van der Waals surface area contributed by atoms with E-state index in [-0.39, 0.29) is 24.3 Å². The van der Waals surface area contributed by atoms with E-state index in [1.54, 1.807) is 6.08 Å². The molecule has 1 heterocycles. The number of carbonyl (C=O) groups is 2. The third-order valence-corrected chi connectivity index (χ3v) is 5.46. The first-order valence-corrected chi connectivity index (χ1v) is 9.86. The number of hydrogen-bond acceptors (Lipinski definition) is 4. The maximum atomic E-state index is 12.7. The molecular formula is C23H19NO3S. The zero-order chi connectivity index (χ0) is 19.5. The van der Waals surface area contributed by atoms with Crippen LogP contribution in [0.2, 0.25) is 0 Å². The van der Waals surface area contributed by atoms with Crippen molar-refractivity contribution in [2.24, 2.45) is 0 Å². The van der Waals surface area contributed by atoms with E-state index < -0.39 is 0 Å². The SMILES string of the molecule is Cc1cccc(OCCN2C(=O)S/C(=C\c3cccc4ccccc34)C2=O)c1. The Bertz CT molecular complexity index is 1080. The maximum Gasteiger partial charge on any atom is 0.293 e. The first-order valence-electron chi connectivity index (χ1n) is 9.04. The smallest absolute Gasteiger partial charge is 0.293 e. The van der Waals surface area contributed by atoms with Gasteiger partial charge < -0.3 is 4.74 Å². The van der Waals surface area contributed by atoms with Crippen LogP contribution in [-0.4, -0.2) is 29.2 Å². The van der Waals surface area contributed by atoms with Gasteiger partial charge in [0.2, 0.25) is 0 Å². The molecule has 0 radical (unpaired) electrons. The number of fused-ring (bicyclic) bond motifs is 1. The second kappa shape index (κ2) is 7.90. The number of imide groups is 1. The summed E-state index contributed by atoms with van der Waals surface area (Å²) in [7, 11) is 0. The van der Waals surface area contributed by atoms with Crippen LogP contribution in [0.1, 0.15) is 11.1 Å². The lowest BCUT2D eigenvalue weighted by atomic mass is 10.0. The summed E-state index contributed by atoms with van der Waals surface area (Å²) < 4.78 is 5.68. The van der Waals surface area contributed by atoms with Gasteiger partial charge in [0.05, 0.1) is 11.4 Å². The minimum atomic E-state index is -0.268. The Morgan fingerprint density at radius 3 is 2.64 bits per heavy atom. The second-order valence-electron chi connectivity index (χ2n) is 6.57. The van der Waals surface area contributed by atoms with Crippen LogP contribution in [-0.2, 0) is 4.79 Å². The van der Waals surface area contributed by atoms with Gasteiger partial charge in [0.1, 0.15) is 12.4 Å². The van der Waals surface area contributed by atoms with Gasteiger partial charge in [-0.1, -0.05) is 54.6 Å². The molecule has 4 nitrogen and oxygen atoms in total. The van der Waals surface area contributed by atoms with Crippen LogP contribution in [0.3, 0.4) is 0 Å². The van der Waals surface area contributed by atoms with E-state index in [0.29, 0.717) is 4.91 Å². The van der Waals surface area contributed by atoms with Gasteiger partial charge >= 0.3 is 0 Å². The minimum absolute atomic E-state index is 0.228. The van der Waals surface area contributed by atoms with Crippen molar-refractivity contribution in [3.05, 3.63) is 82.8 Å².